The Bertz CT molecular complexity index is 697. The fraction of sp³-hybridized carbons (Fsp3) is 0.214. The molecular formula is C14H15FN2O2S. The maximum atomic E-state index is 13.0. The molecule has 0 atom stereocenters. The third-order valence-electron chi connectivity index (χ3n) is 2.62. The second kappa shape index (κ2) is 5.68. The van der Waals surface area contributed by atoms with Crippen molar-refractivity contribution in [2.24, 2.45) is 0 Å². The SMILES string of the molecule is CC(C)NS(=O)(=O)c1ccc(-c2ccnc(F)c2)cc1. The van der Waals surface area contributed by atoms with Crippen LogP contribution in [0.4, 0.5) is 4.39 Å². The van der Waals surface area contributed by atoms with Crippen LogP contribution in [0.1, 0.15) is 13.8 Å². The van der Waals surface area contributed by atoms with Crippen molar-refractivity contribution in [3.63, 3.8) is 0 Å². The van der Waals surface area contributed by atoms with Gasteiger partial charge in [-0.05, 0) is 43.2 Å². The number of nitrogens with zero attached hydrogens (tertiary/aromatic N) is 1. The molecule has 0 spiro atoms. The van der Waals surface area contributed by atoms with Crippen molar-refractivity contribution in [3.8, 4) is 11.1 Å². The molecule has 0 saturated heterocycles. The molecule has 0 aliphatic heterocycles. The number of hydrogen-bond donors (Lipinski definition) is 1. The fourth-order valence-corrected chi connectivity index (χ4v) is 3.04. The Morgan fingerprint density at radius 2 is 1.75 bits per heavy atom. The van der Waals surface area contributed by atoms with Crippen molar-refractivity contribution in [2.45, 2.75) is 24.8 Å². The van der Waals surface area contributed by atoms with Crippen LogP contribution < -0.4 is 4.72 Å². The van der Waals surface area contributed by atoms with Crippen LogP contribution in [-0.2, 0) is 10.0 Å². The lowest BCUT2D eigenvalue weighted by atomic mass is 10.1. The molecule has 106 valence electrons. The van der Waals surface area contributed by atoms with E-state index in [1.165, 1.54) is 24.4 Å². The minimum atomic E-state index is -3.50. The van der Waals surface area contributed by atoms with Gasteiger partial charge in [-0.1, -0.05) is 12.1 Å². The van der Waals surface area contributed by atoms with E-state index in [0.717, 1.165) is 5.56 Å². The van der Waals surface area contributed by atoms with E-state index in [4.69, 9.17) is 0 Å². The number of nitrogens with one attached hydrogen (secondary N) is 1. The van der Waals surface area contributed by atoms with Gasteiger partial charge in [0, 0.05) is 18.3 Å². The van der Waals surface area contributed by atoms with E-state index in [1.54, 1.807) is 32.0 Å². The summed E-state index contributed by atoms with van der Waals surface area (Å²) in [4.78, 5) is 3.67. The third kappa shape index (κ3) is 3.40. The lowest BCUT2D eigenvalue weighted by Crippen LogP contribution is -2.30. The molecule has 1 N–H and O–H groups in total. The van der Waals surface area contributed by atoms with Gasteiger partial charge in [-0.3, -0.25) is 0 Å². The summed E-state index contributed by atoms with van der Waals surface area (Å²) in [7, 11) is -3.50. The average Bonchev–Trinajstić information content (AvgIpc) is 2.37. The minimum absolute atomic E-state index is 0.172. The van der Waals surface area contributed by atoms with E-state index in [2.05, 4.69) is 9.71 Å². The zero-order chi connectivity index (χ0) is 14.8. The van der Waals surface area contributed by atoms with Crippen LogP contribution in [0.5, 0.6) is 0 Å². The van der Waals surface area contributed by atoms with Crippen LogP contribution >= 0.6 is 0 Å². The Labute approximate surface area is 117 Å². The van der Waals surface area contributed by atoms with Gasteiger partial charge in [-0.2, -0.15) is 4.39 Å². The molecular weight excluding hydrogens is 279 g/mol. The number of hydrogen-bond acceptors (Lipinski definition) is 3. The summed E-state index contributed by atoms with van der Waals surface area (Å²) >= 11 is 0. The van der Waals surface area contributed by atoms with Crippen LogP contribution in [0.3, 0.4) is 0 Å². The van der Waals surface area contributed by atoms with Gasteiger partial charge in [-0.25, -0.2) is 18.1 Å². The van der Waals surface area contributed by atoms with Crippen molar-refractivity contribution in [3.05, 3.63) is 48.5 Å². The summed E-state index contributed by atoms with van der Waals surface area (Å²) in [6.07, 6.45) is 1.37. The molecule has 1 heterocycles. The third-order valence-corrected chi connectivity index (χ3v) is 4.29. The van der Waals surface area contributed by atoms with Gasteiger partial charge in [-0.15, -0.1) is 0 Å². The normalized spacial score (nSPS) is 11.8. The van der Waals surface area contributed by atoms with Gasteiger partial charge in [0.15, 0.2) is 0 Å². The Morgan fingerprint density at radius 1 is 1.10 bits per heavy atom. The highest BCUT2D eigenvalue weighted by Crippen LogP contribution is 2.21. The smallest absolute Gasteiger partial charge is 0.228 e. The van der Waals surface area contributed by atoms with Crippen LogP contribution in [0.2, 0.25) is 0 Å². The Hall–Kier alpha value is -1.79. The number of pyridine rings is 1. The van der Waals surface area contributed by atoms with Crippen molar-refractivity contribution < 1.29 is 12.8 Å². The standard InChI is InChI=1S/C14H15FN2O2S/c1-10(2)17-20(18,19)13-5-3-11(4-6-13)12-7-8-16-14(15)9-12/h3-10,17H,1-2H3. The molecule has 1 aromatic heterocycles. The molecule has 0 aliphatic carbocycles. The predicted octanol–water partition coefficient (Wildman–Crippen LogP) is 2.57. The first-order chi connectivity index (χ1) is 9.38. The van der Waals surface area contributed by atoms with Gasteiger partial charge in [0.05, 0.1) is 4.90 Å². The predicted molar refractivity (Wildman–Crippen MR) is 75.1 cm³/mol. The monoisotopic (exact) mass is 294 g/mol. The summed E-state index contributed by atoms with van der Waals surface area (Å²) in [5.41, 5.74) is 1.38. The first kappa shape index (κ1) is 14.6. The topological polar surface area (TPSA) is 59.1 Å². The van der Waals surface area contributed by atoms with E-state index >= 15 is 0 Å². The van der Waals surface area contributed by atoms with Crippen molar-refractivity contribution >= 4 is 10.0 Å². The van der Waals surface area contributed by atoms with Gasteiger partial charge in [0.1, 0.15) is 0 Å². The highest BCUT2D eigenvalue weighted by molar-refractivity contribution is 7.89. The van der Waals surface area contributed by atoms with E-state index in [0.29, 0.717) is 5.56 Å². The van der Waals surface area contributed by atoms with Crippen LogP contribution in [0.15, 0.2) is 47.5 Å². The van der Waals surface area contributed by atoms with E-state index < -0.39 is 16.0 Å². The van der Waals surface area contributed by atoms with Crippen molar-refractivity contribution in [2.75, 3.05) is 0 Å². The second-order valence-electron chi connectivity index (χ2n) is 4.67. The zero-order valence-corrected chi connectivity index (χ0v) is 12.0. The molecule has 6 heteroatoms. The molecule has 0 aliphatic rings. The Morgan fingerprint density at radius 3 is 2.30 bits per heavy atom. The molecule has 4 nitrogen and oxygen atoms in total. The lowest BCUT2D eigenvalue weighted by Gasteiger charge is -2.10. The maximum Gasteiger partial charge on any atom is 0.240 e. The lowest BCUT2D eigenvalue weighted by molar-refractivity contribution is 0.570. The van der Waals surface area contributed by atoms with Crippen molar-refractivity contribution in [1.29, 1.82) is 0 Å². The molecule has 20 heavy (non-hydrogen) atoms. The van der Waals surface area contributed by atoms with Crippen molar-refractivity contribution in [1.82, 2.24) is 9.71 Å². The van der Waals surface area contributed by atoms with Crippen LogP contribution in [-0.4, -0.2) is 19.4 Å². The zero-order valence-electron chi connectivity index (χ0n) is 11.2. The quantitative estimate of drug-likeness (QED) is 0.882. The number of sulfonamides is 1. The van der Waals surface area contributed by atoms with Gasteiger partial charge in [0.2, 0.25) is 16.0 Å². The molecule has 1 aromatic carbocycles. The first-order valence-electron chi connectivity index (χ1n) is 6.13. The van der Waals surface area contributed by atoms with E-state index in [9.17, 15) is 12.8 Å². The largest absolute Gasteiger partial charge is 0.240 e. The Kier molecular flexibility index (Phi) is 4.15. The number of halogens is 1. The summed E-state index contributed by atoms with van der Waals surface area (Å²) in [5, 5.41) is 0. The van der Waals surface area contributed by atoms with E-state index in [1.807, 2.05) is 0 Å². The maximum absolute atomic E-state index is 13.0. The highest BCUT2D eigenvalue weighted by Gasteiger charge is 2.15. The van der Waals surface area contributed by atoms with Gasteiger partial charge >= 0.3 is 0 Å². The summed E-state index contributed by atoms with van der Waals surface area (Å²) in [6, 6.07) is 9.08. The summed E-state index contributed by atoms with van der Waals surface area (Å²) in [5.74, 6) is -0.569. The van der Waals surface area contributed by atoms with E-state index in [-0.39, 0.29) is 10.9 Å². The molecule has 0 fully saturated rings. The molecule has 0 radical (unpaired) electrons. The summed E-state index contributed by atoms with van der Waals surface area (Å²) in [6.45, 7) is 3.51. The van der Waals surface area contributed by atoms with Crippen LogP contribution in [0, 0.1) is 5.95 Å². The minimum Gasteiger partial charge on any atom is -0.228 e. The molecule has 0 amide bonds. The highest BCUT2D eigenvalue weighted by atomic mass is 32.2. The van der Waals surface area contributed by atoms with Gasteiger partial charge in [0.25, 0.3) is 0 Å². The average molecular weight is 294 g/mol. The molecule has 0 unspecified atom stereocenters. The van der Waals surface area contributed by atoms with Crippen LogP contribution in [0.25, 0.3) is 11.1 Å². The van der Waals surface area contributed by atoms with Gasteiger partial charge < -0.3 is 0 Å². The summed E-state index contributed by atoms with van der Waals surface area (Å²) < 4.78 is 39.5. The number of aromatic nitrogens is 1. The molecule has 0 saturated carbocycles. The number of rotatable bonds is 4. The second-order valence-corrected chi connectivity index (χ2v) is 6.38. The fourth-order valence-electron chi connectivity index (χ4n) is 1.79. The Balaban J connectivity index is 2.31. The molecule has 0 bridgehead atoms. The molecule has 2 rings (SSSR count). The first-order valence-corrected chi connectivity index (χ1v) is 7.61. The number of benzene rings is 1. The molecule has 2 aromatic rings.